The molecule has 3 fully saturated rings. The van der Waals surface area contributed by atoms with Crippen LogP contribution < -0.4 is 9.46 Å². The number of hydrogen-bond donors (Lipinski definition) is 1. The molecular weight excluding hydrogens is 516 g/mol. The van der Waals surface area contributed by atoms with Crippen LogP contribution in [0.3, 0.4) is 0 Å². The first-order chi connectivity index (χ1) is 18.8. The molecule has 0 aromatic heterocycles. The zero-order valence-corrected chi connectivity index (χ0v) is 23.4. The molecule has 0 radical (unpaired) electrons. The van der Waals surface area contributed by atoms with Crippen molar-refractivity contribution in [1.82, 2.24) is 19.4 Å². The van der Waals surface area contributed by atoms with E-state index in [0.717, 1.165) is 55.9 Å². The van der Waals surface area contributed by atoms with Gasteiger partial charge in [0, 0.05) is 25.7 Å². The second-order valence-electron chi connectivity index (χ2n) is 10.7. The van der Waals surface area contributed by atoms with Crippen molar-refractivity contribution >= 4 is 21.8 Å². The first-order valence-corrected chi connectivity index (χ1v) is 15.4. The van der Waals surface area contributed by atoms with Gasteiger partial charge < -0.3 is 19.4 Å². The summed E-state index contributed by atoms with van der Waals surface area (Å²) < 4.78 is 34.1. The molecule has 210 valence electrons. The number of carbonyl (C=O) groups is 2. The molecule has 0 bridgehead atoms. The van der Waals surface area contributed by atoms with Crippen LogP contribution in [0.2, 0.25) is 0 Å². The maximum absolute atomic E-state index is 13.2. The summed E-state index contributed by atoms with van der Waals surface area (Å²) >= 11 is 0. The second kappa shape index (κ2) is 12.1. The fourth-order valence-corrected chi connectivity index (χ4v) is 7.17. The first-order valence-electron chi connectivity index (χ1n) is 13.9. The number of likely N-dealkylation sites (tertiary alicyclic amines) is 3. The number of nitrogens with zero attached hydrogens (tertiary/aromatic N) is 3. The van der Waals surface area contributed by atoms with Gasteiger partial charge in [-0.05, 0) is 87.0 Å². The Balaban J connectivity index is 1.19. The predicted octanol–water partition coefficient (Wildman–Crippen LogP) is 2.72. The van der Waals surface area contributed by atoms with Gasteiger partial charge >= 0.3 is 0 Å². The van der Waals surface area contributed by atoms with Crippen LogP contribution in [-0.2, 0) is 19.6 Å². The third-order valence-corrected chi connectivity index (χ3v) is 9.59. The molecule has 2 aromatic carbocycles. The molecule has 3 heterocycles. The summed E-state index contributed by atoms with van der Waals surface area (Å²) in [7, 11) is -2.30. The van der Waals surface area contributed by atoms with E-state index in [0.29, 0.717) is 19.4 Å². The number of hydrogen-bond acceptors (Lipinski definition) is 6. The Morgan fingerprint density at radius 1 is 0.897 bits per heavy atom. The average Bonchev–Trinajstić information content (AvgIpc) is 3.64. The van der Waals surface area contributed by atoms with Crippen LogP contribution in [0.1, 0.15) is 38.5 Å². The zero-order valence-electron chi connectivity index (χ0n) is 22.5. The molecule has 2 unspecified atom stereocenters. The van der Waals surface area contributed by atoms with Gasteiger partial charge in [-0.15, -0.1) is 0 Å². The zero-order chi connectivity index (χ0) is 27.4. The van der Waals surface area contributed by atoms with Gasteiger partial charge in [0.25, 0.3) is 0 Å². The van der Waals surface area contributed by atoms with Crippen LogP contribution in [-0.4, -0.2) is 93.4 Å². The maximum Gasteiger partial charge on any atom is 0.242 e. The molecule has 9 nitrogen and oxygen atoms in total. The van der Waals surface area contributed by atoms with Crippen molar-refractivity contribution < 1.29 is 22.7 Å². The minimum absolute atomic E-state index is 0.00409. The largest absolute Gasteiger partial charge is 0.497 e. The van der Waals surface area contributed by atoms with Gasteiger partial charge in [-0.2, -0.15) is 4.72 Å². The third kappa shape index (κ3) is 6.45. The van der Waals surface area contributed by atoms with Gasteiger partial charge in [-0.25, -0.2) is 8.42 Å². The van der Waals surface area contributed by atoms with E-state index in [9.17, 15) is 18.0 Å². The number of piperidine rings is 1. The minimum atomic E-state index is -3.91. The summed E-state index contributed by atoms with van der Waals surface area (Å²) in [5, 5.41) is 0. The van der Waals surface area contributed by atoms with E-state index in [-0.39, 0.29) is 29.3 Å². The van der Waals surface area contributed by atoms with Crippen LogP contribution in [0.15, 0.2) is 53.4 Å². The third-order valence-electron chi connectivity index (χ3n) is 8.11. The summed E-state index contributed by atoms with van der Waals surface area (Å²) in [6.45, 7) is 4.28. The molecule has 5 rings (SSSR count). The molecular formula is C29H38N4O5S. The lowest BCUT2D eigenvalue weighted by molar-refractivity contribution is -0.143. The molecule has 3 saturated heterocycles. The molecule has 2 aromatic rings. The number of ether oxygens (including phenoxy) is 1. The van der Waals surface area contributed by atoms with E-state index in [1.165, 1.54) is 17.7 Å². The Morgan fingerprint density at radius 2 is 1.54 bits per heavy atom. The smallest absolute Gasteiger partial charge is 0.242 e. The topological polar surface area (TPSA) is 99.3 Å². The number of carbonyl (C=O) groups excluding carboxylic acids is 2. The van der Waals surface area contributed by atoms with Crippen LogP contribution in [0.4, 0.5) is 0 Å². The van der Waals surface area contributed by atoms with Crippen LogP contribution in [0.5, 0.6) is 5.75 Å². The summed E-state index contributed by atoms with van der Waals surface area (Å²) in [4.78, 5) is 32.4. The van der Waals surface area contributed by atoms with Gasteiger partial charge in [0.1, 0.15) is 11.8 Å². The highest BCUT2D eigenvalue weighted by Gasteiger charge is 2.36. The minimum Gasteiger partial charge on any atom is -0.497 e. The lowest BCUT2D eigenvalue weighted by Gasteiger charge is -2.34. The molecule has 3 aliphatic heterocycles. The van der Waals surface area contributed by atoms with Crippen molar-refractivity contribution in [2.45, 2.75) is 55.5 Å². The first kappa shape index (κ1) is 27.6. The number of benzene rings is 2. The van der Waals surface area contributed by atoms with Crippen molar-refractivity contribution in [1.29, 1.82) is 0 Å². The highest BCUT2D eigenvalue weighted by atomic mass is 32.2. The quantitative estimate of drug-likeness (QED) is 0.512. The lowest BCUT2D eigenvalue weighted by Crippen LogP contribution is -2.55. The Bertz CT molecular complexity index is 1260. The normalized spacial score (nSPS) is 22.4. The maximum atomic E-state index is 13.2. The fourth-order valence-electron chi connectivity index (χ4n) is 5.94. The van der Waals surface area contributed by atoms with Crippen molar-refractivity contribution in [3.8, 4) is 16.9 Å². The van der Waals surface area contributed by atoms with E-state index in [1.54, 1.807) is 31.4 Å². The van der Waals surface area contributed by atoms with E-state index in [1.807, 2.05) is 29.2 Å². The summed E-state index contributed by atoms with van der Waals surface area (Å²) in [5.74, 6) is 0.378. The lowest BCUT2D eigenvalue weighted by atomic mass is 10.1. The number of rotatable bonds is 9. The SMILES string of the molecule is COc1ccc(-c2ccc(S(=O)(=O)NC3CCCN(CC(=O)N4CCCC4CN4CCCC4)C3=O)cc2)cc1. The standard InChI is InChI=1S/C29H38N4O5S/c1-38-25-12-8-22(9-13-25)23-10-14-26(15-11-23)39(36,37)30-27-7-5-18-32(29(27)35)21-28(34)33-19-4-6-24(33)20-31-16-2-3-17-31/h8-15,24,27,30H,2-7,16-21H2,1H3. The Morgan fingerprint density at radius 3 is 2.21 bits per heavy atom. The monoisotopic (exact) mass is 554 g/mol. The van der Waals surface area contributed by atoms with Gasteiger partial charge in [0.05, 0.1) is 18.6 Å². The molecule has 2 amide bonds. The number of amides is 2. The Kier molecular flexibility index (Phi) is 8.54. The Labute approximate surface area is 231 Å². The fraction of sp³-hybridized carbons (Fsp3) is 0.517. The predicted molar refractivity (Wildman–Crippen MR) is 149 cm³/mol. The van der Waals surface area contributed by atoms with Gasteiger partial charge in [-0.1, -0.05) is 24.3 Å². The van der Waals surface area contributed by atoms with Crippen LogP contribution in [0.25, 0.3) is 11.1 Å². The van der Waals surface area contributed by atoms with E-state index >= 15 is 0 Å². The molecule has 2 atom stereocenters. The summed E-state index contributed by atoms with van der Waals surface area (Å²) in [6, 6.07) is 13.4. The van der Waals surface area contributed by atoms with Crippen molar-refractivity contribution in [3.63, 3.8) is 0 Å². The van der Waals surface area contributed by atoms with Crippen molar-refractivity contribution in [2.75, 3.05) is 46.4 Å². The van der Waals surface area contributed by atoms with E-state index in [2.05, 4.69) is 9.62 Å². The molecule has 3 aliphatic rings. The average molecular weight is 555 g/mol. The van der Waals surface area contributed by atoms with Crippen LogP contribution in [0, 0.1) is 0 Å². The van der Waals surface area contributed by atoms with Gasteiger partial charge in [0.15, 0.2) is 0 Å². The van der Waals surface area contributed by atoms with Crippen molar-refractivity contribution in [3.05, 3.63) is 48.5 Å². The molecule has 10 heteroatoms. The molecule has 0 aliphatic carbocycles. The molecule has 1 N–H and O–H groups in total. The molecule has 39 heavy (non-hydrogen) atoms. The number of methoxy groups -OCH3 is 1. The van der Waals surface area contributed by atoms with Crippen molar-refractivity contribution in [2.24, 2.45) is 0 Å². The van der Waals surface area contributed by atoms with Crippen LogP contribution >= 0.6 is 0 Å². The summed E-state index contributed by atoms with van der Waals surface area (Å²) in [6.07, 6.45) is 5.46. The van der Waals surface area contributed by atoms with Gasteiger partial charge in [-0.3, -0.25) is 9.59 Å². The Hall–Kier alpha value is -2.95. The van der Waals surface area contributed by atoms with Gasteiger partial charge in [0.2, 0.25) is 21.8 Å². The van der Waals surface area contributed by atoms with E-state index < -0.39 is 16.1 Å². The highest BCUT2D eigenvalue weighted by Crippen LogP contribution is 2.25. The molecule has 0 saturated carbocycles. The summed E-state index contributed by atoms with van der Waals surface area (Å²) in [5.41, 5.74) is 1.82. The second-order valence-corrected chi connectivity index (χ2v) is 12.4. The highest BCUT2D eigenvalue weighted by molar-refractivity contribution is 7.89. The molecule has 0 spiro atoms. The van der Waals surface area contributed by atoms with E-state index in [4.69, 9.17) is 4.74 Å². The number of sulfonamides is 1. The number of nitrogens with one attached hydrogen (secondary N) is 1.